The number of aromatic nitrogens is 7. The topological polar surface area (TPSA) is 133 Å². The Balaban J connectivity index is 1.48. The van der Waals surface area contributed by atoms with E-state index in [0.717, 1.165) is 83.7 Å². The van der Waals surface area contributed by atoms with Gasteiger partial charge in [0.15, 0.2) is 0 Å². The summed E-state index contributed by atoms with van der Waals surface area (Å²) in [5, 5.41) is 9.90. The third-order valence-electron chi connectivity index (χ3n) is 9.06. The molecule has 0 saturated carbocycles. The van der Waals surface area contributed by atoms with Crippen LogP contribution in [-0.4, -0.2) is 46.0 Å². The maximum absolute atomic E-state index is 12.1. The molecule has 8 heterocycles. The van der Waals surface area contributed by atoms with Crippen molar-refractivity contribution in [1.29, 1.82) is 0 Å². The van der Waals surface area contributed by atoms with Crippen molar-refractivity contribution in [1.82, 2.24) is 34.9 Å². The van der Waals surface area contributed by atoms with Gasteiger partial charge in [-0.1, -0.05) is 12.1 Å². The van der Waals surface area contributed by atoms with Gasteiger partial charge in [-0.2, -0.15) is 0 Å². The maximum atomic E-state index is 12.1. The van der Waals surface area contributed by atoms with Crippen LogP contribution in [0.4, 0.5) is 0 Å². The number of benzene rings is 1. The summed E-state index contributed by atoms with van der Waals surface area (Å²) in [5.74, 6) is -1.00. The highest BCUT2D eigenvalue weighted by Crippen LogP contribution is 2.38. The SMILES string of the molecule is O=C(O)c1cccc(-c2c3nc(c(-c4ccncc4)c4ccc([nH]4)c(-c4ccncc4)c4nc(c(-c5ccncc5)c5ccc2[nH]5)C=C4)C=C3)c1. The molecular formula is C42H27N7O2. The molecule has 0 unspecified atom stereocenters. The molecule has 9 rings (SSSR count). The van der Waals surface area contributed by atoms with Crippen LogP contribution in [0, 0.1) is 0 Å². The van der Waals surface area contributed by atoms with Crippen molar-refractivity contribution in [3.63, 3.8) is 0 Å². The molecule has 8 bridgehead atoms. The first-order valence-electron chi connectivity index (χ1n) is 16.3. The molecule has 9 heteroatoms. The van der Waals surface area contributed by atoms with E-state index in [9.17, 15) is 9.90 Å². The van der Waals surface area contributed by atoms with Gasteiger partial charge in [-0.05, 0) is 119 Å². The van der Waals surface area contributed by atoms with Gasteiger partial charge in [0, 0.05) is 81.5 Å². The number of rotatable bonds is 5. The summed E-state index contributed by atoms with van der Waals surface area (Å²) in [6.07, 6.45) is 18.7. The fourth-order valence-corrected chi connectivity index (χ4v) is 6.78. The lowest BCUT2D eigenvalue weighted by molar-refractivity contribution is 0.0697. The van der Waals surface area contributed by atoms with Crippen LogP contribution in [0.1, 0.15) is 33.1 Å². The van der Waals surface area contributed by atoms with Crippen LogP contribution in [0.5, 0.6) is 0 Å². The molecule has 7 aromatic rings. The van der Waals surface area contributed by atoms with Gasteiger partial charge < -0.3 is 15.1 Å². The zero-order chi connectivity index (χ0) is 34.3. The lowest BCUT2D eigenvalue weighted by Gasteiger charge is -2.07. The lowest BCUT2D eigenvalue weighted by Crippen LogP contribution is -1.96. The van der Waals surface area contributed by atoms with Gasteiger partial charge in [-0.15, -0.1) is 0 Å². The van der Waals surface area contributed by atoms with Gasteiger partial charge in [-0.25, -0.2) is 14.8 Å². The molecule has 0 amide bonds. The molecule has 9 nitrogen and oxygen atoms in total. The average Bonchev–Trinajstić information content (AvgIpc) is 4.01. The number of carbonyl (C=O) groups is 1. The van der Waals surface area contributed by atoms with E-state index in [4.69, 9.17) is 9.97 Å². The summed E-state index contributed by atoms with van der Waals surface area (Å²) in [6.45, 7) is 0. The minimum absolute atomic E-state index is 0.187. The number of fused-ring (bicyclic) bond motifs is 8. The number of nitrogens with zero attached hydrogens (tertiary/aromatic N) is 5. The average molecular weight is 662 g/mol. The maximum Gasteiger partial charge on any atom is 0.335 e. The second kappa shape index (κ2) is 12.3. The number of H-pyrrole nitrogens is 2. The number of aromatic carboxylic acids is 1. The molecule has 6 aromatic heterocycles. The molecule has 2 aliphatic rings. The summed E-state index contributed by atoms with van der Waals surface area (Å²) in [5.41, 5.74) is 13.6. The molecule has 0 atom stereocenters. The van der Waals surface area contributed by atoms with E-state index < -0.39 is 5.97 Å². The summed E-state index contributed by atoms with van der Waals surface area (Å²) < 4.78 is 0. The van der Waals surface area contributed by atoms with E-state index in [2.05, 4.69) is 37.1 Å². The highest BCUT2D eigenvalue weighted by atomic mass is 16.4. The first-order valence-corrected chi connectivity index (χ1v) is 16.3. The predicted octanol–water partition coefficient (Wildman–Crippen LogP) is 9.21. The Morgan fingerprint density at radius 1 is 0.451 bits per heavy atom. The number of carboxylic acids is 1. The van der Waals surface area contributed by atoms with E-state index in [1.54, 1.807) is 55.4 Å². The molecule has 1 aromatic carbocycles. The molecule has 51 heavy (non-hydrogen) atoms. The Hall–Kier alpha value is -7.26. The number of hydrogen-bond acceptors (Lipinski definition) is 6. The van der Waals surface area contributed by atoms with Crippen LogP contribution in [0.2, 0.25) is 0 Å². The Morgan fingerprint density at radius 3 is 1.16 bits per heavy atom. The van der Waals surface area contributed by atoms with Gasteiger partial charge in [-0.3, -0.25) is 15.0 Å². The Kier molecular flexibility index (Phi) is 7.21. The number of hydrogen-bond donors (Lipinski definition) is 3. The third kappa shape index (κ3) is 5.39. The molecule has 2 aliphatic heterocycles. The fourth-order valence-electron chi connectivity index (χ4n) is 6.78. The molecule has 0 aliphatic carbocycles. The van der Waals surface area contributed by atoms with Crippen LogP contribution in [0.15, 0.2) is 122 Å². The number of aromatic amines is 2. The van der Waals surface area contributed by atoms with Gasteiger partial charge in [0.1, 0.15) is 0 Å². The number of pyridine rings is 3. The van der Waals surface area contributed by atoms with Gasteiger partial charge in [0.2, 0.25) is 0 Å². The molecular weight excluding hydrogens is 635 g/mol. The molecule has 0 spiro atoms. The highest BCUT2D eigenvalue weighted by Gasteiger charge is 2.19. The Morgan fingerprint density at radius 2 is 0.804 bits per heavy atom. The van der Waals surface area contributed by atoms with Crippen molar-refractivity contribution in [2.24, 2.45) is 0 Å². The van der Waals surface area contributed by atoms with Crippen LogP contribution in [-0.2, 0) is 0 Å². The smallest absolute Gasteiger partial charge is 0.335 e. The summed E-state index contributed by atoms with van der Waals surface area (Å²) in [6, 6.07) is 27.0. The second-order valence-electron chi connectivity index (χ2n) is 12.1. The van der Waals surface area contributed by atoms with Gasteiger partial charge >= 0.3 is 5.97 Å². The quantitative estimate of drug-likeness (QED) is 0.167. The van der Waals surface area contributed by atoms with E-state index in [0.29, 0.717) is 5.69 Å². The zero-order valence-electron chi connectivity index (χ0n) is 26.9. The third-order valence-corrected chi connectivity index (χ3v) is 9.06. The van der Waals surface area contributed by atoms with Crippen LogP contribution >= 0.6 is 0 Å². The molecule has 0 saturated heterocycles. The van der Waals surface area contributed by atoms with Crippen molar-refractivity contribution in [2.45, 2.75) is 0 Å². The number of carboxylic acid groups (broad SMARTS) is 1. The highest BCUT2D eigenvalue weighted by molar-refractivity contribution is 6.00. The monoisotopic (exact) mass is 661 g/mol. The standard InChI is InChI=1S/C42H27N7O2/c50-42(51)29-3-1-2-28(24-29)41-36-10-8-34(48-36)39(26-14-20-44-21-15-26)32-6-4-30(46-32)38(25-12-18-43-19-13-25)31-5-7-33(47-31)40(27-16-22-45-23-17-27)35-9-11-37(41)49-35/h1-24,46,49H,(H,50,51). The number of nitrogens with one attached hydrogen (secondary N) is 2. The normalized spacial score (nSPS) is 11.9. The Bertz CT molecular complexity index is 2680. The summed E-state index contributed by atoms with van der Waals surface area (Å²) in [4.78, 5) is 42.8. The summed E-state index contributed by atoms with van der Waals surface area (Å²) >= 11 is 0. The zero-order valence-corrected chi connectivity index (χ0v) is 26.9. The van der Waals surface area contributed by atoms with Crippen molar-refractivity contribution in [3.05, 3.63) is 150 Å². The molecule has 0 radical (unpaired) electrons. The largest absolute Gasteiger partial charge is 0.478 e. The van der Waals surface area contributed by atoms with Crippen LogP contribution in [0.3, 0.4) is 0 Å². The predicted molar refractivity (Wildman–Crippen MR) is 201 cm³/mol. The minimum Gasteiger partial charge on any atom is -0.478 e. The van der Waals surface area contributed by atoms with Gasteiger partial charge in [0.05, 0.1) is 28.3 Å². The Labute approximate surface area is 291 Å². The first kappa shape index (κ1) is 29.8. The molecule has 0 fully saturated rings. The lowest BCUT2D eigenvalue weighted by atomic mass is 10.0. The van der Waals surface area contributed by atoms with E-state index in [1.165, 1.54) is 0 Å². The van der Waals surface area contributed by atoms with Gasteiger partial charge in [0.25, 0.3) is 0 Å². The van der Waals surface area contributed by atoms with Crippen molar-refractivity contribution in [2.75, 3.05) is 0 Å². The van der Waals surface area contributed by atoms with Crippen molar-refractivity contribution < 1.29 is 9.90 Å². The van der Waals surface area contributed by atoms with Crippen molar-refractivity contribution >= 4 is 52.3 Å². The summed E-state index contributed by atoms with van der Waals surface area (Å²) in [7, 11) is 0. The molecule has 3 N–H and O–H groups in total. The second-order valence-corrected chi connectivity index (χ2v) is 12.1. The van der Waals surface area contributed by atoms with E-state index in [1.807, 2.05) is 78.9 Å². The van der Waals surface area contributed by atoms with Crippen LogP contribution in [0.25, 0.3) is 90.9 Å². The molecule has 242 valence electrons. The van der Waals surface area contributed by atoms with E-state index >= 15 is 0 Å². The van der Waals surface area contributed by atoms with Crippen LogP contribution < -0.4 is 0 Å². The first-order chi connectivity index (χ1) is 25.1. The van der Waals surface area contributed by atoms with E-state index in [-0.39, 0.29) is 5.56 Å². The van der Waals surface area contributed by atoms with Crippen molar-refractivity contribution in [3.8, 4) is 44.5 Å². The fraction of sp³-hybridized carbons (Fsp3) is 0. The minimum atomic E-state index is -1.00.